The van der Waals surface area contributed by atoms with Crippen LogP contribution in [0.5, 0.6) is 0 Å². The van der Waals surface area contributed by atoms with E-state index in [2.05, 4.69) is 0 Å². The van der Waals surface area contributed by atoms with Crippen LogP contribution in [-0.2, 0) is 14.4 Å². The first-order valence-electron chi connectivity index (χ1n) is 6.28. The molecule has 5 nitrogen and oxygen atoms in total. The molecule has 18 heavy (non-hydrogen) atoms. The van der Waals surface area contributed by atoms with Crippen molar-refractivity contribution in [2.75, 3.05) is 0 Å². The van der Waals surface area contributed by atoms with Crippen LogP contribution in [0.3, 0.4) is 0 Å². The van der Waals surface area contributed by atoms with Gasteiger partial charge in [-0.05, 0) is 26.2 Å². The Labute approximate surface area is 107 Å². The number of hydrogen-bond acceptors (Lipinski definition) is 3. The third kappa shape index (κ3) is 2.54. The summed E-state index contributed by atoms with van der Waals surface area (Å²) in [5.41, 5.74) is -0.644. The van der Waals surface area contributed by atoms with Crippen molar-refractivity contribution < 1.29 is 19.5 Å². The maximum Gasteiger partial charge on any atom is 0.303 e. The number of hydrogen-bond donors (Lipinski definition) is 1. The van der Waals surface area contributed by atoms with Gasteiger partial charge in [-0.2, -0.15) is 0 Å². The topological polar surface area (TPSA) is 74.7 Å². The number of aliphatic carboxylic acids is 1. The minimum absolute atomic E-state index is 0.0311. The summed E-state index contributed by atoms with van der Waals surface area (Å²) in [4.78, 5) is 36.1. The van der Waals surface area contributed by atoms with Gasteiger partial charge in [-0.15, -0.1) is 0 Å². The smallest absolute Gasteiger partial charge is 0.303 e. The molecule has 2 atom stereocenters. The number of carboxylic acid groups (broad SMARTS) is 1. The molecule has 0 saturated carbocycles. The van der Waals surface area contributed by atoms with Gasteiger partial charge in [-0.25, -0.2) is 0 Å². The average Bonchev–Trinajstić information content (AvgIpc) is 2.48. The van der Waals surface area contributed by atoms with Crippen LogP contribution < -0.4 is 0 Å². The normalized spacial score (nSPS) is 25.9. The summed E-state index contributed by atoms with van der Waals surface area (Å²) in [6, 6.07) is -0.346. The van der Waals surface area contributed by atoms with Crippen molar-refractivity contribution in [1.82, 2.24) is 4.90 Å². The summed E-state index contributed by atoms with van der Waals surface area (Å²) in [6.45, 7) is 7.39. The van der Waals surface area contributed by atoms with Gasteiger partial charge < -0.3 is 5.11 Å². The summed E-state index contributed by atoms with van der Waals surface area (Å²) in [5, 5.41) is 8.64. The van der Waals surface area contributed by atoms with Crippen LogP contribution in [0, 0.1) is 11.3 Å². The zero-order valence-electron chi connectivity index (χ0n) is 11.4. The Balaban J connectivity index is 2.82. The van der Waals surface area contributed by atoms with Crippen molar-refractivity contribution in [2.45, 2.75) is 53.0 Å². The minimum atomic E-state index is -0.910. The maximum atomic E-state index is 12.3. The van der Waals surface area contributed by atoms with Gasteiger partial charge in [-0.1, -0.05) is 13.8 Å². The number of rotatable bonds is 5. The van der Waals surface area contributed by atoms with E-state index in [1.807, 2.05) is 20.8 Å². The molecule has 1 heterocycles. The Morgan fingerprint density at radius 3 is 2.33 bits per heavy atom. The van der Waals surface area contributed by atoms with Gasteiger partial charge in [-0.3, -0.25) is 19.3 Å². The fourth-order valence-corrected chi connectivity index (χ4v) is 2.22. The Bertz CT molecular complexity index is 377. The first-order chi connectivity index (χ1) is 8.20. The van der Waals surface area contributed by atoms with E-state index in [9.17, 15) is 14.4 Å². The van der Waals surface area contributed by atoms with E-state index in [-0.39, 0.29) is 36.6 Å². The second-order valence-electron chi connectivity index (χ2n) is 5.60. The fourth-order valence-electron chi connectivity index (χ4n) is 2.22. The molecule has 1 N–H and O–H groups in total. The molecule has 0 aromatic rings. The summed E-state index contributed by atoms with van der Waals surface area (Å²) >= 11 is 0. The van der Waals surface area contributed by atoms with Gasteiger partial charge in [0.2, 0.25) is 11.8 Å². The van der Waals surface area contributed by atoms with Crippen molar-refractivity contribution in [3.63, 3.8) is 0 Å². The molecular formula is C13H21NO4. The van der Waals surface area contributed by atoms with E-state index >= 15 is 0 Å². The minimum Gasteiger partial charge on any atom is -0.481 e. The van der Waals surface area contributed by atoms with Crippen LogP contribution in [0.4, 0.5) is 0 Å². The summed E-state index contributed by atoms with van der Waals surface area (Å²) in [5.74, 6) is -1.17. The third-order valence-corrected chi connectivity index (χ3v) is 3.99. The van der Waals surface area contributed by atoms with Crippen LogP contribution in [0.1, 0.15) is 47.0 Å². The molecule has 0 aromatic heterocycles. The quantitative estimate of drug-likeness (QED) is 0.758. The number of carboxylic acids is 1. The second kappa shape index (κ2) is 5.08. The lowest BCUT2D eigenvalue weighted by molar-refractivity contribution is -0.146. The molecule has 1 aliphatic heterocycles. The molecule has 2 unspecified atom stereocenters. The van der Waals surface area contributed by atoms with Crippen molar-refractivity contribution in [3.8, 4) is 0 Å². The van der Waals surface area contributed by atoms with Crippen LogP contribution in [0.15, 0.2) is 0 Å². The molecule has 0 spiro atoms. The van der Waals surface area contributed by atoms with E-state index in [1.54, 1.807) is 6.92 Å². The number of amides is 2. The molecular weight excluding hydrogens is 234 g/mol. The highest BCUT2D eigenvalue weighted by Crippen LogP contribution is 2.40. The van der Waals surface area contributed by atoms with Gasteiger partial charge in [0.25, 0.3) is 0 Å². The SMILES string of the molecule is CC(CCC(=O)O)N1C(=O)CC(C)(C(C)C)C1=O. The van der Waals surface area contributed by atoms with Gasteiger partial charge in [0.15, 0.2) is 0 Å². The number of imide groups is 1. The molecule has 1 rings (SSSR count). The lowest BCUT2D eigenvalue weighted by Gasteiger charge is -2.28. The van der Waals surface area contributed by atoms with Crippen LogP contribution >= 0.6 is 0 Å². The molecule has 102 valence electrons. The van der Waals surface area contributed by atoms with Crippen LogP contribution in [0.25, 0.3) is 0 Å². The summed E-state index contributed by atoms with van der Waals surface area (Å²) in [7, 11) is 0. The number of likely N-dealkylation sites (tertiary alicyclic amines) is 1. The lowest BCUT2D eigenvalue weighted by atomic mass is 9.78. The largest absolute Gasteiger partial charge is 0.481 e. The number of nitrogens with zero attached hydrogens (tertiary/aromatic N) is 1. The molecule has 5 heteroatoms. The van der Waals surface area contributed by atoms with Crippen molar-refractivity contribution >= 4 is 17.8 Å². The first kappa shape index (κ1) is 14.7. The second-order valence-corrected chi connectivity index (χ2v) is 5.60. The number of carbonyl (C=O) groups is 3. The monoisotopic (exact) mass is 255 g/mol. The highest BCUT2D eigenvalue weighted by Gasteiger charge is 2.51. The third-order valence-electron chi connectivity index (χ3n) is 3.99. The van der Waals surface area contributed by atoms with E-state index in [1.165, 1.54) is 4.90 Å². The van der Waals surface area contributed by atoms with E-state index in [0.717, 1.165) is 0 Å². The predicted molar refractivity (Wildman–Crippen MR) is 65.7 cm³/mol. The zero-order valence-corrected chi connectivity index (χ0v) is 11.4. The molecule has 0 radical (unpaired) electrons. The predicted octanol–water partition coefficient (Wildman–Crippen LogP) is 1.66. The highest BCUT2D eigenvalue weighted by molar-refractivity contribution is 6.06. The average molecular weight is 255 g/mol. The van der Waals surface area contributed by atoms with E-state index in [0.29, 0.717) is 6.42 Å². The molecule has 1 aliphatic rings. The molecule has 2 amide bonds. The summed E-state index contributed by atoms with van der Waals surface area (Å²) < 4.78 is 0. The van der Waals surface area contributed by atoms with Crippen molar-refractivity contribution in [3.05, 3.63) is 0 Å². The molecule has 0 aliphatic carbocycles. The molecule has 0 aromatic carbocycles. The lowest BCUT2D eigenvalue weighted by Crippen LogP contribution is -2.42. The van der Waals surface area contributed by atoms with Gasteiger partial charge >= 0.3 is 5.97 Å². The van der Waals surface area contributed by atoms with Crippen molar-refractivity contribution in [2.24, 2.45) is 11.3 Å². The highest BCUT2D eigenvalue weighted by atomic mass is 16.4. The van der Waals surface area contributed by atoms with Crippen LogP contribution in [-0.4, -0.2) is 33.8 Å². The van der Waals surface area contributed by atoms with Gasteiger partial charge in [0.05, 0.1) is 5.41 Å². The van der Waals surface area contributed by atoms with Crippen LogP contribution in [0.2, 0.25) is 0 Å². The van der Waals surface area contributed by atoms with Gasteiger partial charge in [0, 0.05) is 18.9 Å². The van der Waals surface area contributed by atoms with E-state index < -0.39 is 11.4 Å². The number of carbonyl (C=O) groups excluding carboxylic acids is 2. The Morgan fingerprint density at radius 2 is 1.94 bits per heavy atom. The maximum absolute atomic E-state index is 12.3. The Kier molecular flexibility index (Phi) is 4.14. The molecule has 1 fully saturated rings. The van der Waals surface area contributed by atoms with Gasteiger partial charge in [0.1, 0.15) is 0 Å². The summed E-state index contributed by atoms with van der Waals surface area (Å²) in [6.07, 6.45) is 0.499. The molecule has 1 saturated heterocycles. The fraction of sp³-hybridized carbons (Fsp3) is 0.769. The standard InChI is InChI=1S/C13H21NO4/c1-8(2)13(4)7-10(15)14(12(13)18)9(3)5-6-11(16)17/h8-9H,5-7H2,1-4H3,(H,16,17). The van der Waals surface area contributed by atoms with Crippen molar-refractivity contribution in [1.29, 1.82) is 0 Å². The Morgan fingerprint density at radius 1 is 1.39 bits per heavy atom. The Hall–Kier alpha value is -1.39. The first-order valence-corrected chi connectivity index (χ1v) is 6.28. The zero-order chi connectivity index (χ0) is 14.1. The van der Waals surface area contributed by atoms with E-state index in [4.69, 9.17) is 5.11 Å². The molecule has 0 bridgehead atoms.